The van der Waals surface area contributed by atoms with E-state index in [1.54, 1.807) is 11.3 Å². The number of hydrogen-bond donors (Lipinski definition) is 2. The minimum Gasteiger partial charge on any atom is -0.316 e. The molecule has 3 rings (SSSR count). The molecule has 1 saturated heterocycles. The predicted octanol–water partition coefficient (Wildman–Crippen LogP) is 3.01. The summed E-state index contributed by atoms with van der Waals surface area (Å²) in [6.07, 6.45) is 2.41. The minimum absolute atomic E-state index is 0.407. The van der Waals surface area contributed by atoms with Gasteiger partial charge in [-0.1, -0.05) is 6.07 Å². The quantitative estimate of drug-likeness (QED) is 0.890. The molecule has 1 aliphatic heterocycles. The molecule has 0 aromatic carbocycles. The van der Waals surface area contributed by atoms with Crippen molar-refractivity contribution in [1.82, 2.24) is 15.3 Å². The number of hydrogen-bond acceptors (Lipinski definition) is 5. The van der Waals surface area contributed by atoms with E-state index in [9.17, 15) is 0 Å². The summed E-state index contributed by atoms with van der Waals surface area (Å²) >= 11 is 1.60. The van der Waals surface area contributed by atoms with Crippen LogP contribution in [0.4, 0.5) is 10.9 Å². The first kappa shape index (κ1) is 11.6. The van der Waals surface area contributed by atoms with E-state index in [1.807, 2.05) is 24.4 Å². The van der Waals surface area contributed by atoms with Crippen molar-refractivity contribution >= 4 is 22.3 Å². The van der Waals surface area contributed by atoms with Crippen molar-refractivity contribution in [3.05, 3.63) is 35.0 Å². The van der Waals surface area contributed by atoms with Crippen molar-refractivity contribution in [1.29, 1.82) is 0 Å². The van der Waals surface area contributed by atoms with Crippen LogP contribution in [0.2, 0.25) is 0 Å². The molecular weight excluding hydrogens is 244 g/mol. The lowest BCUT2D eigenvalue weighted by Gasteiger charge is -2.11. The van der Waals surface area contributed by atoms with E-state index in [4.69, 9.17) is 0 Å². The highest BCUT2D eigenvalue weighted by Crippen LogP contribution is 2.24. The summed E-state index contributed by atoms with van der Waals surface area (Å²) in [5.41, 5.74) is 2.15. The highest BCUT2D eigenvalue weighted by molar-refractivity contribution is 7.13. The third kappa shape index (κ3) is 2.52. The molecule has 2 aromatic rings. The molecule has 18 heavy (non-hydrogen) atoms. The van der Waals surface area contributed by atoms with Crippen LogP contribution in [0.5, 0.6) is 0 Å². The summed E-state index contributed by atoms with van der Waals surface area (Å²) in [5.74, 6) is 0.871. The van der Waals surface area contributed by atoms with E-state index >= 15 is 0 Å². The van der Waals surface area contributed by atoms with Gasteiger partial charge in [0.05, 0.1) is 11.4 Å². The summed E-state index contributed by atoms with van der Waals surface area (Å²) in [6.45, 7) is 3.09. The van der Waals surface area contributed by atoms with Gasteiger partial charge < -0.3 is 10.6 Å². The lowest BCUT2D eigenvalue weighted by atomic mass is 10.1. The summed E-state index contributed by atoms with van der Waals surface area (Å²) in [6, 6.07) is 6.52. The number of thiazole rings is 1. The monoisotopic (exact) mass is 260 g/mol. The van der Waals surface area contributed by atoms with Crippen LogP contribution in [0, 0.1) is 6.92 Å². The Balaban J connectivity index is 1.78. The van der Waals surface area contributed by atoms with Crippen LogP contribution in [0.15, 0.2) is 23.6 Å². The Morgan fingerprint density at radius 2 is 2.33 bits per heavy atom. The van der Waals surface area contributed by atoms with Crippen LogP contribution in [-0.2, 0) is 0 Å². The fourth-order valence-electron chi connectivity index (χ4n) is 2.17. The molecule has 0 radical (unpaired) electrons. The van der Waals surface area contributed by atoms with Crippen molar-refractivity contribution in [2.24, 2.45) is 0 Å². The first-order chi connectivity index (χ1) is 8.81. The fraction of sp³-hybridized carbons (Fsp3) is 0.385. The highest BCUT2D eigenvalue weighted by Gasteiger charge is 2.17. The van der Waals surface area contributed by atoms with Crippen molar-refractivity contribution < 1.29 is 0 Å². The zero-order valence-corrected chi connectivity index (χ0v) is 11.1. The van der Waals surface area contributed by atoms with Crippen LogP contribution in [0.1, 0.15) is 30.3 Å². The highest BCUT2D eigenvalue weighted by atomic mass is 32.1. The van der Waals surface area contributed by atoms with Gasteiger partial charge in [0.1, 0.15) is 5.82 Å². The Kier molecular flexibility index (Phi) is 3.25. The summed E-state index contributed by atoms with van der Waals surface area (Å²) in [4.78, 5) is 9.04. The Hall–Kier alpha value is -1.46. The van der Waals surface area contributed by atoms with Gasteiger partial charge in [0.15, 0.2) is 5.13 Å². The average Bonchev–Trinajstić information content (AvgIpc) is 3.01. The molecule has 94 valence electrons. The van der Waals surface area contributed by atoms with Gasteiger partial charge in [0.25, 0.3) is 0 Å². The molecule has 0 unspecified atom stereocenters. The van der Waals surface area contributed by atoms with Gasteiger partial charge in [-0.15, -0.1) is 11.3 Å². The molecule has 1 fully saturated rings. The van der Waals surface area contributed by atoms with E-state index < -0.39 is 0 Å². The average molecular weight is 260 g/mol. The van der Waals surface area contributed by atoms with Crippen molar-refractivity contribution in [3.63, 3.8) is 0 Å². The number of anilines is 2. The van der Waals surface area contributed by atoms with Crippen molar-refractivity contribution in [3.8, 4) is 0 Å². The van der Waals surface area contributed by atoms with Crippen LogP contribution in [0.3, 0.4) is 0 Å². The topological polar surface area (TPSA) is 49.8 Å². The lowest BCUT2D eigenvalue weighted by molar-refractivity contribution is 0.629. The second kappa shape index (κ2) is 5.04. The Labute approximate surface area is 110 Å². The maximum Gasteiger partial charge on any atom is 0.188 e. The van der Waals surface area contributed by atoms with Crippen LogP contribution < -0.4 is 10.6 Å². The zero-order valence-electron chi connectivity index (χ0n) is 10.3. The SMILES string of the molecule is Cc1csc(Nc2cccc([C@@H]3CCCN3)n2)n1. The van der Waals surface area contributed by atoms with E-state index in [0.29, 0.717) is 6.04 Å². The third-order valence-corrected chi connectivity index (χ3v) is 3.92. The molecule has 1 atom stereocenters. The molecule has 0 amide bonds. The van der Waals surface area contributed by atoms with Crippen molar-refractivity contribution in [2.75, 3.05) is 11.9 Å². The molecule has 1 aliphatic rings. The van der Waals surface area contributed by atoms with Crippen LogP contribution in [-0.4, -0.2) is 16.5 Å². The van der Waals surface area contributed by atoms with Crippen LogP contribution >= 0.6 is 11.3 Å². The second-order valence-electron chi connectivity index (χ2n) is 4.52. The van der Waals surface area contributed by atoms with Gasteiger partial charge >= 0.3 is 0 Å². The molecule has 2 N–H and O–H groups in total. The summed E-state index contributed by atoms with van der Waals surface area (Å²) < 4.78 is 0. The molecule has 3 heterocycles. The third-order valence-electron chi connectivity index (χ3n) is 3.04. The van der Waals surface area contributed by atoms with Gasteiger partial charge in [0.2, 0.25) is 0 Å². The number of nitrogens with one attached hydrogen (secondary N) is 2. The largest absolute Gasteiger partial charge is 0.316 e. The Morgan fingerprint density at radius 3 is 3.06 bits per heavy atom. The van der Waals surface area contributed by atoms with Gasteiger partial charge in [-0.3, -0.25) is 0 Å². The number of aryl methyl sites for hydroxylation is 1. The maximum atomic E-state index is 4.65. The Bertz CT molecular complexity index is 531. The van der Waals surface area contributed by atoms with Gasteiger partial charge in [0, 0.05) is 11.4 Å². The number of nitrogens with zero attached hydrogens (tertiary/aromatic N) is 2. The van der Waals surface area contributed by atoms with Gasteiger partial charge in [-0.25, -0.2) is 9.97 Å². The fourth-order valence-corrected chi connectivity index (χ4v) is 2.87. The lowest BCUT2D eigenvalue weighted by Crippen LogP contribution is -2.14. The Morgan fingerprint density at radius 1 is 1.39 bits per heavy atom. The molecule has 0 saturated carbocycles. The molecule has 0 bridgehead atoms. The summed E-state index contributed by atoms with van der Waals surface area (Å²) in [7, 11) is 0. The summed E-state index contributed by atoms with van der Waals surface area (Å²) in [5, 5.41) is 9.65. The number of rotatable bonds is 3. The zero-order chi connectivity index (χ0) is 12.4. The number of pyridine rings is 1. The first-order valence-corrected chi connectivity index (χ1v) is 7.09. The van der Waals surface area contributed by atoms with Gasteiger partial charge in [-0.05, 0) is 38.4 Å². The first-order valence-electron chi connectivity index (χ1n) is 6.21. The minimum atomic E-state index is 0.407. The second-order valence-corrected chi connectivity index (χ2v) is 5.37. The maximum absolute atomic E-state index is 4.65. The molecule has 5 heteroatoms. The normalized spacial score (nSPS) is 19.1. The van der Waals surface area contributed by atoms with E-state index in [0.717, 1.165) is 28.9 Å². The van der Waals surface area contributed by atoms with Gasteiger partial charge in [-0.2, -0.15) is 0 Å². The van der Waals surface area contributed by atoms with E-state index in [-0.39, 0.29) is 0 Å². The predicted molar refractivity (Wildman–Crippen MR) is 74.3 cm³/mol. The van der Waals surface area contributed by atoms with E-state index in [2.05, 4.69) is 26.7 Å². The molecular formula is C13H16N4S. The number of aromatic nitrogens is 2. The molecule has 2 aromatic heterocycles. The molecule has 0 spiro atoms. The smallest absolute Gasteiger partial charge is 0.188 e. The standard InChI is InChI=1S/C13H16N4S/c1-9-8-18-13(15-9)17-12-6-2-4-11(16-12)10-5-3-7-14-10/h2,4,6,8,10,14H,3,5,7H2,1H3,(H,15,16,17)/t10-/m0/s1. The van der Waals surface area contributed by atoms with E-state index in [1.165, 1.54) is 12.8 Å². The molecule has 4 nitrogen and oxygen atoms in total. The van der Waals surface area contributed by atoms with Crippen LogP contribution in [0.25, 0.3) is 0 Å². The van der Waals surface area contributed by atoms with Crippen molar-refractivity contribution in [2.45, 2.75) is 25.8 Å². The molecule has 0 aliphatic carbocycles.